The number of carboxylic acids is 1. The summed E-state index contributed by atoms with van der Waals surface area (Å²) < 4.78 is 6.82. The second-order valence-electron chi connectivity index (χ2n) is 5.05. The van der Waals surface area contributed by atoms with Crippen molar-refractivity contribution in [2.45, 2.75) is 38.3 Å². The minimum atomic E-state index is -0.897. The smallest absolute Gasteiger partial charge is 0.306 e. The van der Waals surface area contributed by atoms with E-state index in [1.165, 1.54) is 24.0 Å². The van der Waals surface area contributed by atoms with E-state index in [4.69, 9.17) is 9.84 Å². The van der Waals surface area contributed by atoms with Gasteiger partial charge < -0.3 is 9.84 Å². The lowest BCUT2D eigenvalue weighted by Gasteiger charge is -2.13. The molecule has 0 spiro atoms. The highest BCUT2D eigenvalue weighted by Crippen LogP contribution is 2.35. The Bertz CT molecular complexity index is 630. The molecule has 0 bridgehead atoms. The molecule has 21 heavy (non-hydrogen) atoms. The number of methoxy groups -OCH3 is 1. The molecule has 2 aromatic rings. The van der Waals surface area contributed by atoms with Crippen molar-refractivity contribution < 1.29 is 14.6 Å². The van der Waals surface area contributed by atoms with Gasteiger partial charge in [0.2, 0.25) is 0 Å². The van der Waals surface area contributed by atoms with Crippen LogP contribution in [0.1, 0.15) is 23.3 Å². The van der Waals surface area contributed by atoms with Gasteiger partial charge in [-0.2, -0.15) is 0 Å². The molecule has 0 saturated heterocycles. The van der Waals surface area contributed by atoms with Gasteiger partial charge in [-0.25, -0.2) is 4.68 Å². The number of fused-ring (bicyclic) bond motifs is 1. The second kappa shape index (κ2) is 5.90. The molecule has 0 saturated carbocycles. The molecule has 1 atom stereocenters. The van der Waals surface area contributed by atoms with Crippen LogP contribution in [0.15, 0.2) is 6.07 Å². The Labute approximate surface area is 125 Å². The predicted molar refractivity (Wildman–Crippen MR) is 76.2 cm³/mol. The van der Waals surface area contributed by atoms with Gasteiger partial charge in [-0.1, -0.05) is 0 Å². The molecule has 0 amide bonds. The molecule has 2 aromatic heterocycles. The summed E-state index contributed by atoms with van der Waals surface area (Å²) in [7, 11) is 1.50. The minimum Gasteiger partial charge on any atom is -0.481 e. The van der Waals surface area contributed by atoms with Gasteiger partial charge in [0.1, 0.15) is 0 Å². The lowest BCUT2D eigenvalue weighted by molar-refractivity contribution is -0.139. The van der Waals surface area contributed by atoms with Crippen molar-refractivity contribution in [2.24, 2.45) is 0 Å². The van der Waals surface area contributed by atoms with E-state index in [2.05, 4.69) is 21.6 Å². The van der Waals surface area contributed by atoms with Crippen LogP contribution in [0.5, 0.6) is 0 Å². The maximum atomic E-state index is 10.8. The average molecular weight is 308 g/mol. The monoisotopic (exact) mass is 308 g/mol. The Hall–Kier alpha value is -1.80. The van der Waals surface area contributed by atoms with Gasteiger partial charge in [0.05, 0.1) is 23.9 Å². The summed E-state index contributed by atoms with van der Waals surface area (Å²) in [6.07, 6.45) is 2.94. The summed E-state index contributed by atoms with van der Waals surface area (Å²) in [6, 6.07) is 2.15. The number of tetrazole rings is 1. The van der Waals surface area contributed by atoms with E-state index in [1.54, 1.807) is 16.0 Å². The summed E-state index contributed by atoms with van der Waals surface area (Å²) in [5, 5.41) is 20.6. The summed E-state index contributed by atoms with van der Waals surface area (Å²) >= 11 is 1.72. The van der Waals surface area contributed by atoms with Crippen LogP contribution in [0.4, 0.5) is 0 Å². The first kappa shape index (κ1) is 14.2. The van der Waals surface area contributed by atoms with Crippen LogP contribution in [0.3, 0.4) is 0 Å². The fourth-order valence-corrected chi connectivity index (χ4v) is 3.80. The summed E-state index contributed by atoms with van der Waals surface area (Å²) in [4.78, 5) is 13.3. The number of hydrogen-bond acceptors (Lipinski definition) is 6. The highest BCUT2D eigenvalue weighted by Gasteiger charge is 2.21. The van der Waals surface area contributed by atoms with Gasteiger partial charge in [0, 0.05) is 12.0 Å². The first-order valence-corrected chi connectivity index (χ1v) is 7.61. The van der Waals surface area contributed by atoms with Crippen LogP contribution in [0.2, 0.25) is 0 Å². The van der Waals surface area contributed by atoms with Gasteiger partial charge >= 0.3 is 5.97 Å². The first-order valence-electron chi connectivity index (χ1n) is 6.80. The lowest BCUT2D eigenvalue weighted by Crippen LogP contribution is -2.23. The molecular formula is C13H16N4O3S. The SMILES string of the molecule is COC(CC(=O)O)Cn1nnnc1-c1cc2c(s1)CCC2. The average Bonchev–Trinajstić information content (AvgIpc) is 3.10. The Balaban J connectivity index is 1.81. The van der Waals surface area contributed by atoms with Gasteiger partial charge in [0.15, 0.2) is 5.82 Å². The standard InChI is InChI=1S/C13H16N4O3S/c1-20-9(6-12(18)19)7-17-13(14-15-16-17)11-5-8-3-2-4-10(8)21-11/h5,9H,2-4,6-7H2,1H3,(H,18,19). The van der Waals surface area contributed by atoms with E-state index in [0.717, 1.165) is 17.7 Å². The van der Waals surface area contributed by atoms with Crippen molar-refractivity contribution in [1.82, 2.24) is 20.2 Å². The molecule has 8 heteroatoms. The molecule has 1 aliphatic carbocycles. The summed E-state index contributed by atoms with van der Waals surface area (Å²) in [5.41, 5.74) is 1.39. The van der Waals surface area contributed by atoms with Gasteiger partial charge in [-0.15, -0.1) is 16.4 Å². The quantitative estimate of drug-likeness (QED) is 0.867. The third-order valence-electron chi connectivity index (χ3n) is 3.61. The van der Waals surface area contributed by atoms with E-state index in [0.29, 0.717) is 12.4 Å². The zero-order valence-electron chi connectivity index (χ0n) is 11.7. The number of aliphatic carboxylic acids is 1. The van der Waals surface area contributed by atoms with E-state index in [1.807, 2.05) is 0 Å². The van der Waals surface area contributed by atoms with Crippen LogP contribution >= 0.6 is 11.3 Å². The molecule has 1 N–H and O–H groups in total. The molecule has 0 aromatic carbocycles. The summed E-state index contributed by atoms with van der Waals surface area (Å²) in [6.45, 7) is 0.327. The number of aryl methyl sites for hydroxylation is 2. The highest BCUT2D eigenvalue weighted by molar-refractivity contribution is 7.15. The maximum absolute atomic E-state index is 10.8. The molecule has 7 nitrogen and oxygen atoms in total. The van der Waals surface area contributed by atoms with Crippen molar-refractivity contribution in [3.05, 3.63) is 16.5 Å². The zero-order valence-corrected chi connectivity index (χ0v) is 12.5. The van der Waals surface area contributed by atoms with Crippen LogP contribution in [0.25, 0.3) is 10.7 Å². The predicted octanol–water partition coefficient (Wildman–Crippen LogP) is 1.38. The van der Waals surface area contributed by atoms with E-state index >= 15 is 0 Å². The lowest BCUT2D eigenvalue weighted by atomic mass is 10.2. The van der Waals surface area contributed by atoms with Crippen LogP contribution in [0, 0.1) is 0 Å². The van der Waals surface area contributed by atoms with E-state index in [-0.39, 0.29) is 6.42 Å². The molecule has 3 rings (SSSR count). The van der Waals surface area contributed by atoms with Crippen LogP contribution in [-0.4, -0.2) is 44.5 Å². The van der Waals surface area contributed by atoms with Crippen molar-refractivity contribution in [1.29, 1.82) is 0 Å². The number of thiophene rings is 1. The molecule has 0 fully saturated rings. The fraction of sp³-hybridized carbons (Fsp3) is 0.538. The number of carboxylic acid groups (broad SMARTS) is 1. The number of nitrogens with zero attached hydrogens (tertiary/aromatic N) is 4. The van der Waals surface area contributed by atoms with E-state index in [9.17, 15) is 4.79 Å². The van der Waals surface area contributed by atoms with Gasteiger partial charge in [-0.05, 0) is 41.3 Å². The molecule has 0 aliphatic heterocycles. The third kappa shape index (κ3) is 2.96. The van der Waals surface area contributed by atoms with Crippen LogP contribution < -0.4 is 0 Å². The van der Waals surface area contributed by atoms with Crippen molar-refractivity contribution >= 4 is 17.3 Å². The molecule has 0 radical (unpaired) electrons. The van der Waals surface area contributed by atoms with Gasteiger partial charge in [0.25, 0.3) is 0 Å². The topological polar surface area (TPSA) is 90.1 Å². The molecule has 2 heterocycles. The molecule has 1 aliphatic rings. The largest absolute Gasteiger partial charge is 0.481 e. The first-order chi connectivity index (χ1) is 10.2. The summed E-state index contributed by atoms with van der Waals surface area (Å²) in [5.74, 6) is -0.214. The van der Waals surface area contributed by atoms with Crippen molar-refractivity contribution in [3.63, 3.8) is 0 Å². The third-order valence-corrected chi connectivity index (χ3v) is 4.84. The molecular weight excluding hydrogens is 292 g/mol. The fourth-order valence-electron chi connectivity index (χ4n) is 2.55. The van der Waals surface area contributed by atoms with E-state index < -0.39 is 12.1 Å². The van der Waals surface area contributed by atoms with Gasteiger partial charge in [-0.3, -0.25) is 4.79 Å². The Morgan fingerprint density at radius 1 is 1.57 bits per heavy atom. The number of ether oxygens (including phenoxy) is 1. The normalized spacial score (nSPS) is 15.1. The number of carbonyl (C=O) groups is 1. The highest BCUT2D eigenvalue weighted by atomic mass is 32.1. The molecule has 112 valence electrons. The van der Waals surface area contributed by atoms with Crippen molar-refractivity contribution in [2.75, 3.05) is 7.11 Å². The Kier molecular flexibility index (Phi) is 3.98. The zero-order chi connectivity index (χ0) is 14.8. The maximum Gasteiger partial charge on any atom is 0.306 e. The number of rotatable bonds is 6. The Morgan fingerprint density at radius 2 is 2.43 bits per heavy atom. The molecule has 1 unspecified atom stereocenters. The second-order valence-corrected chi connectivity index (χ2v) is 6.19. The number of hydrogen-bond donors (Lipinski definition) is 1. The van der Waals surface area contributed by atoms with Crippen molar-refractivity contribution in [3.8, 4) is 10.7 Å². The van der Waals surface area contributed by atoms with Crippen LogP contribution in [-0.2, 0) is 28.9 Å². The minimum absolute atomic E-state index is 0.0727. The number of aromatic nitrogens is 4. The Morgan fingerprint density at radius 3 is 3.14 bits per heavy atom.